The van der Waals surface area contributed by atoms with Crippen molar-refractivity contribution < 1.29 is 27.4 Å². The Morgan fingerprint density at radius 1 is 1.03 bits per heavy atom. The molecule has 0 aromatic heterocycles. The van der Waals surface area contributed by atoms with Gasteiger partial charge in [0.05, 0.1) is 18.8 Å². The molecule has 2 heterocycles. The standard InChI is InChI=1S/C26H31F3N2O3/c1-17-18(2)24(34-22-10-15-33-16-22)9-8-23(17)19(3)30-11-13-31(14-12-30)25(32)20-4-6-21(7-5-20)26(27,28)29/h4-9,19,22H,10-16H2,1-3H3/t19-,22-/m1/s1. The number of amides is 1. The van der Waals surface area contributed by atoms with Crippen LogP contribution in [0.5, 0.6) is 5.75 Å². The van der Waals surface area contributed by atoms with Gasteiger partial charge in [0.15, 0.2) is 0 Å². The van der Waals surface area contributed by atoms with Crippen LogP contribution in [0.15, 0.2) is 36.4 Å². The molecule has 4 rings (SSSR count). The van der Waals surface area contributed by atoms with Gasteiger partial charge in [0.25, 0.3) is 5.91 Å². The van der Waals surface area contributed by atoms with Crippen molar-refractivity contribution in [2.24, 2.45) is 0 Å². The summed E-state index contributed by atoms with van der Waals surface area (Å²) >= 11 is 0. The summed E-state index contributed by atoms with van der Waals surface area (Å²) in [5.74, 6) is 0.668. The molecule has 184 valence electrons. The van der Waals surface area contributed by atoms with Crippen LogP contribution in [-0.2, 0) is 10.9 Å². The lowest BCUT2D eigenvalue weighted by Crippen LogP contribution is -2.49. The van der Waals surface area contributed by atoms with Gasteiger partial charge in [-0.25, -0.2) is 0 Å². The average Bonchev–Trinajstić information content (AvgIpc) is 3.34. The van der Waals surface area contributed by atoms with Crippen molar-refractivity contribution in [3.8, 4) is 5.75 Å². The lowest BCUT2D eigenvalue weighted by molar-refractivity contribution is -0.137. The predicted octanol–water partition coefficient (Wildman–Crippen LogP) is 5.01. The van der Waals surface area contributed by atoms with Crippen LogP contribution in [0.3, 0.4) is 0 Å². The first kappa shape index (κ1) is 24.5. The summed E-state index contributed by atoms with van der Waals surface area (Å²) in [5, 5.41) is 0. The van der Waals surface area contributed by atoms with Gasteiger partial charge in [0, 0.05) is 44.2 Å². The van der Waals surface area contributed by atoms with Gasteiger partial charge < -0.3 is 14.4 Å². The summed E-state index contributed by atoms with van der Waals surface area (Å²) in [6.07, 6.45) is -3.39. The lowest BCUT2D eigenvalue weighted by atomic mass is 9.96. The van der Waals surface area contributed by atoms with Crippen LogP contribution in [0.25, 0.3) is 0 Å². The molecule has 34 heavy (non-hydrogen) atoms. The number of ether oxygens (including phenoxy) is 2. The van der Waals surface area contributed by atoms with Crippen molar-refractivity contribution in [3.63, 3.8) is 0 Å². The molecule has 0 N–H and O–H groups in total. The molecule has 0 aliphatic carbocycles. The summed E-state index contributed by atoms with van der Waals surface area (Å²) in [4.78, 5) is 16.8. The topological polar surface area (TPSA) is 42.0 Å². The highest BCUT2D eigenvalue weighted by molar-refractivity contribution is 5.94. The molecule has 5 nitrogen and oxygen atoms in total. The van der Waals surface area contributed by atoms with Crippen molar-refractivity contribution in [2.75, 3.05) is 39.4 Å². The first-order valence-corrected chi connectivity index (χ1v) is 11.7. The maximum atomic E-state index is 12.8. The maximum absolute atomic E-state index is 12.8. The highest BCUT2D eigenvalue weighted by Crippen LogP contribution is 2.33. The second kappa shape index (κ2) is 9.96. The van der Waals surface area contributed by atoms with E-state index in [1.807, 2.05) is 6.07 Å². The molecule has 1 amide bonds. The molecule has 0 radical (unpaired) electrons. The van der Waals surface area contributed by atoms with Crippen molar-refractivity contribution in [1.29, 1.82) is 0 Å². The average molecular weight is 477 g/mol. The molecule has 2 aliphatic rings. The Morgan fingerprint density at radius 2 is 1.71 bits per heavy atom. The third-order valence-corrected chi connectivity index (χ3v) is 7.02. The maximum Gasteiger partial charge on any atom is 0.416 e. The highest BCUT2D eigenvalue weighted by Gasteiger charge is 2.31. The van der Waals surface area contributed by atoms with E-state index in [0.717, 1.165) is 36.5 Å². The summed E-state index contributed by atoms with van der Waals surface area (Å²) < 4.78 is 49.9. The first-order chi connectivity index (χ1) is 16.1. The minimum atomic E-state index is -4.41. The summed E-state index contributed by atoms with van der Waals surface area (Å²) in [6, 6.07) is 8.77. The fraction of sp³-hybridized carbons (Fsp3) is 0.500. The molecule has 2 atom stereocenters. The quantitative estimate of drug-likeness (QED) is 0.609. The van der Waals surface area contributed by atoms with Crippen molar-refractivity contribution in [1.82, 2.24) is 9.80 Å². The van der Waals surface area contributed by atoms with Gasteiger partial charge in [-0.1, -0.05) is 6.07 Å². The van der Waals surface area contributed by atoms with Gasteiger partial charge in [-0.15, -0.1) is 0 Å². The van der Waals surface area contributed by atoms with E-state index in [0.29, 0.717) is 32.8 Å². The van der Waals surface area contributed by atoms with Crippen LogP contribution in [-0.4, -0.2) is 61.2 Å². The van der Waals surface area contributed by atoms with Crippen LogP contribution >= 0.6 is 0 Å². The molecular weight excluding hydrogens is 445 g/mol. The number of nitrogens with zero attached hydrogens (tertiary/aromatic N) is 2. The zero-order chi connectivity index (χ0) is 24.5. The Hall–Kier alpha value is -2.58. The number of halogens is 3. The normalized spacial score (nSPS) is 20.4. The number of hydrogen-bond acceptors (Lipinski definition) is 4. The van der Waals surface area contributed by atoms with E-state index in [2.05, 4.69) is 31.7 Å². The van der Waals surface area contributed by atoms with E-state index in [1.54, 1.807) is 4.90 Å². The highest BCUT2D eigenvalue weighted by atomic mass is 19.4. The molecule has 8 heteroatoms. The third-order valence-electron chi connectivity index (χ3n) is 7.02. The largest absolute Gasteiger partial charge is 0.488 e. The Balaban J connectivity index is 1.37. The number of piperazine rings is 1. The number of benzene rings is 2. The predicted molar refractivity (Wildman–Crippen MR) is 123 cm³/mol. The third kappa shape index (κ3) is 5.23. The minimum absolute atomic E-state index is 0.108. The van der Waals surface area contributed by atoms with E-state index in [9.17, 15) is 18.0 Å². The molecule has 0 bridgehead atoms. The summed E-state index contributed by atoms with van der Waals surface area (Å²) in [6.45, 7) is 10.2. The Labute approximate surface area is 198 Å². The summed E-state index contributed by atoms with van der Waals surface area (Å²) in [5.41, 5.74) is 3.10. The zero-order valence-corrected chi connectivity index (χ0v) is 19.8. The molecule has 2 fully saturated rings. The van der Waals surface area contributed by atoms with Crippen LogP contribution in [0.4, 0.5) is 13.2 Å². The van der Waals surface area contributed by atoms with E-state index in [1.165, 1.54) is 23.3 Å². The van der Waals surface area contributed by atoms with Gasteiger partial charge >= 0.3 is 6.18 Å². The van der Waals surface area contributed by atoms with Crippen LogP contribution in [0.2, 0.25) is 0 Å². The van der Waals surface area contributed by atoms with Crippen LogP contribution < -0.4 is 4.74 Å². The Morgan fingerprint density at radius 3 is 2.29 bits per heavy atom. The van der Waals surface area contributed by atoms with E-state index in [-0.39, 0.29) is 23.6 Å². The molecule has 2 aromatic carbocycles. The smallest absolute Gasteiger partial charge is 0.416 e. The fourth-order valence-corrected chi connectivity index (χ4v) is 4.68. The number of carbonyl (C=O) groups excluding carboxylic acids is 1. The molecule has 0 saturated carbocycles. The fourth-order valence-electron chi connectivity index (χ4n) is 4.68. The molecule has 2 aliphatic heterocycles. The molecule has 2 aromatic rings. The van der Waals surface area contributed by atoms with Crippen molar-refractivity contribution >= 4 is 5.91 Å². The second-order valence-corrected chi connectivity index (χ2v) is 9.09. The molecule has 0 unspecified atom stereocenters. The van der Waals surface area contributed by atoms with Gasteiger partial charge in [0.1, 0.15) is 11.9 Å². The SMILES string of the molecule is Cc1c(O[C@@H]2CCOC2)ccc([C@@H](C)N2CCN(C(=O)c3ccc(C(F)(F)F)cc3)CC2)c1C. The molecule has 2 saturated heterocycles. The van der Waals surface area contributed by atoms with Gasteiger partial charge in [-0.05, 0) is 67.8 Å². The van der Waals surface area contributed by atoms with E-state index in [4.69, 9.17) is 9.47 Å². The first-order valence-electron chi connectivity index (χ1n) is 11.7. The van der Waals surface area contributed by atoms with Gasteiger partial charge in [-0.2, -0.15) is 13.2 Å². The van der Waals surface area contributed by atoms with Gasteiger partial charge in [0.2, 0.25) is 0 Å². The lowest BCUT2D eigenvalue weighted by Gasteiger charge is -2.39. The number of rotatable bonds is 5. The van der Waals surface area contributed by atoms with Crippen molar-refractivity contribution in [2.45, 2.75) is 45.5 Å². The van der Waals surface area contributed by atoms with Crippen LogP contribution in [0, 0.1) is 13.8 Å². The Kier molecular flexibility index (Phi) is 7.19. The Bertz CT molecular complexity index is 1010. The monoisotopic (exact) mass is 476 g/mol. The van der Waals surface area contributed by atoms with E-state index >= 15 is 0 Å². The second-order valence-electron chi connectivity index (χ2n) is 9.09. The number of carbonyl (C=O) groups is 1. The van der Waals surface area contributed by atoms with Crippen molar-refractivity contribution in [3.05, 3.63) is 64.2 Å². The minimum Gasteiger partial charge on any atom is -0.488 e. The molecular formula is C26H31F3N2O3. The number of alkyl halides is 3. The molecule has 0 spiro atoms. The number of hydrogen-bond donors (Lipinski definition) is 0. The van der Waals surface area contributed by atoms with E-state index < -0.39 is 11.7 Å². The zero-order valence-electron chi connectivity index (χ0n) is 19.8. The summed E-state index contributed by atoms with van der Waals surface area (Å²) in [7, 11) is 0. The van der Waals surface area contributed by atoms with Gasteiger partial charge in [-0.3, -0.25) is 9.69 Å². The van der Waals surface area contributed by atoms with Crippen LogP contribution in [0.1, 0.15) is 52.0 Å².